The van der Waals surface area contributed by atoms with Gasteiger partial charge in [0, 0.05) is 51.1 Å². The second-order valence-electron chi connectivity index (χ2n) is 6.82. The van der Waals surface area contributed by atoms with E-state index in [-0.39, 0.29) is 23.4 Å². The highest BCUT2D eigenvalue weighted by atomic mass is 32.2. The molecule has 1 aromatic rings. The predicted octanol–water partition coefficient (Wildman–Crippen LogP) is 1.87. The molecule has 2 fully saturated rings. The molecule has 2 atom stereocenters. The quantitative estimate of drug-likeness (QED) is 0.815. The average molecular weight is 378 g/mol. The molecule has 8 heteroatoms. The van der Waals surface area contributed by atoms with Gasteiger partial charge in [-0.1, -0.05) is 17.8 Å². The number of morpholine rings is 1. The predicted molar refractivity (Wildman–Crippen MR) is 102 cm³/mol. The number of amides is 2. The van der Waals surface area contributed by atoms with Crippen molar-refractivity contribution in [2.75, 3.05) is 36.8 Å². The molecule has 2 aliphatic rings. The summed E-state index contributed by atoms with van der Waals surface area (Å²) >= 11 is 1.32. The maximum absolute atomic E-state index is 12.0. The van der Waals surface area contributed by atoms with Crippen molar-refractivity contribution in [3.63, 3.8) is 0 Å². The van der Waals surface area contributed by atoms with E-state index in [4.69, 9.17) is 4.74 Å². The number of rotatable bonds is 6. The fraction of sp³-hybridized carbons (Fsp3) is 0.611. The molecule has 142 valence electrons. The zero-order valence-corrected chi connectivity index (χ0v) is 16.1. The van der Waals surface area contributed by atoms with Crippen LogP contribution in [0.4, 0.5) is 10.6 Å². The maximum Gasteiger partial charge on any atom is 0.281 e. The number of nitrogens with one attached hydrogen (secondary N) is 1. The standard InChI is InChI=1S/C18H26N4O3S/c1-13-11-22(12-14(2)25-13)16-4-3-15(9-19-16)10-20-17(23)5-6-21-7-8-26-18(21)24/h3-4,9,13-14H,5-8,10-12H2,1-2H3,(H,20,23)/t13-,14-/m1/s1. The van der Waals surface area contributed by atoms with Crippen LogP contribution in [0.2, 0.25) is 0 Å². The van der Waals surface area contributed by atoms with Gasteiger partial charge >= 0.3 is 0 Å². The number of anilines is 1. The van der Waals surface area contributed by atoms with Crippen LogP contribution in [0.5, 0.6) is 0 Å². The number of ether oxygens (including phenoxy) is 1. The van der Waals surface area contributed by atoms with Crippen molar-refractivity contribution in [3.8, 4) is 0 Å². The second-order valence-corrected chi connectivity index (χ2v) is 7.86. The monoisotopic (exact) mass is 378 g/mol. The molecule has 0 aliphatic carbocycles. The molecule has 1 aromatic heterocycles. The van der Waals surface area contributed by atoms with Crippen molar-refractivity contribution in [2.45, 2.75) is 39.0 Å². The Morgan fingerprint density at radius 3 is 2.73 bits per heavy atom. The van der Waals surface area contributed by atoms with Crippen LogP contribution in [0.25, 0.3) is 0 Å². The number of pyridine rings is 1. The van der Waals surface area contributed by atoms with Crippen molar-refractivity contribution in [2.24, 2.45) is 0 Å². The molecule has 2 saturated heterocycles. The fourth-order valence-corrected chi connectivity index (χ4v) is 4.08. The van der Waals surface area contributed by atoms with Gasteiger partial charge in [-0.2, -0.15) is 0 Å². The minimum Gasteiger partial charge on any atom is -0.372 e. The number of carbonyl (C=O) groups is 2. The van der Waals surface area contributed by atoms with Crippen molar-refractivity contribution < 1.29 is 14.3 Å². The Hall–Kier alpha value is -1.80. The smallest absolute Gasteiger partial charge is 0.281 e. The first-order valence-electron chi connectivity index (χ1n) is 9.05. The third kappa shape index (κ3) is 5.11. The van der Waals surface area contributed by atoms with Crippen molar-refractivity contribution in [1.29, 1.82) is 0 Å². The molecule has 2 amide bonds. The molecule has 0 aromatic carbocycles. The van der Waals surface area contributed by atoms with Crippen LogP contribution in [0.15, 0.2) is 18.3 Å². The van der Waals surface area contributed by atoms with Gasteiger partial charge in [0.1, 0.15) is 5.82 Å². The first kappa shape index (κ1) is 19.0. The summed E-state index contributed by atoms with van der Waals surface area (Å²) in [5.41, 5.74) is 0.962. The fourth-order valence-electron chi connectivity index (χ4n) is 3.23. The van der Waals surface area contributed by atoms with Gasteiger partial charge in [0.15, 0.2) is 0 Å². The molecule has 0 unspecified atom stereocenters. The zero-order valence-electron chi connectivity index (χ0n) is 15.3. The van der Waals surface area contributed by atoms with E-state index in [1.807, 2.05) is 12.1 Å². The molecule has 3 rings (SSSR count). The van der Waals surface area contributed by atoms with Crippen LogP contribution in [0, 0.1) is 0 Å². The molecule has 26 heavy (non-hydrogen) atoms. The van der Waals surface area contributed by atoms with Crippen LogP contribution in [0.1, 0.15) is 25.8 Å². The van der Waals surface area contributed by atoms with Crippen LogP contribution in [-0.2, 0) is 16.1 Å². The molecule has 0 bridgehead atoms. The Labute approximate surface area is 158 Å². The van der Waals surface area contributed by atoms with E-state index in [0.29, 0.717) is 19.5 Å². The van der Waals surface area contributed by atoms with Gasteiger partial charge in [-0.25, -0.2) is 4.98 Å². The molecule has 1 N–H and O–H groups in total. The summed E-state index contributed by atoms with van der Waals surface area (Å²) in [6.07, 6.45) is 2.53. The molecule has 0 radical (unpaired) electrons. The molecular formula is C18H26N4O3S. The molecule has 3 heterocycles. The third-order valence-electron chi connectivity index (χ3n) is 4.50. The average Bonchev–Trinajstić information content (AvgIpc) is 3.03. The van der Waals surface area contributed by atoms with Crippen LogP contribution in [-0.4, -0.2) is 65.2 Å². The first-order chi connectivity index (χ1) is 12.5. The highest BCUT2D eigenvalue weighted by Gasteiger charge is 2.23. The van der Waals surface area contributed by atoms with Gasteiger partial charge in [0.25, 0.3) is 5.24 Å². The number of nitrogens with zero attached hydrogens (tertiary/aromatic N) is 3. The van der Waals surface area contributed by atoms with Gasteiger partial charge in [0.2, 0.25) is 5.91 Å². The lowest BCUT2D eigenvalue weighted by atomic mass is 10.2. The number of thioether (sulfide) groups is 1. The van der Waals surface area contributed by atoms with E-state index in [0.717, 1.165) is 36.8 Å². The lowest BCUT2D eigenvalue weighted by Gasteiger charge is -2.36. The molecule has 7 nitrogen and oxygen atoms in total. The van der Waals surface area contributed by atoms with Crippen LogP contribution in [0.3, 0.4) is 0 Å². The summed E-state index contributed by atoms with van der Waals surface area (Å²) in [5.74, 6) is 1.71. The Morgan fingerprint density at radius 1 is 1.35 bits per heavy atom. The minimum absolute atomic E-state index is 0.0467. The zero-order chi connectivity index (χ0) is 18.5. The first-order valence-corrected chi connectivity index (χ1v) is 10.0. The van der Waals surface area contributed by atoms with E-state index >= 15 is 0 Å². The summed E-state index contributed by atoms with van der Waals surface area (Å²) in [5, 5.41) is 2.97. The number of aromatic nitrogens is 1. The minimum atomic E-state index is -0.0467. The van der Waals surface area contributed by atoms with Crippen LogP contribution >= 0.6 is 11.8 Å². The number of hydrogen-bond acceptors (Lipinski definition) is 6. The van der Waals surface area contributed by atoms with E-state index in [1.54, 1.807) is 11.1 Å². The molecular weight excluding hydrogens is 352 g/mol. The van der Waals surface area contributed by atoms with Crippen molar-refractivity contribution in [3.05, 3.63) is 23.9 Å². The number of carbonyl (C=O) groups excluding carboxylic acids is 2. The van der Waals surface area contributed by atoms with Crippen LogP contribution < -0.4 is 10.2 Å². The Balaban J connectivity index is 1.44. The highest BCUT2D eigenvalue weighted by Crippen LogP contribution is 2.19. The van der Waals surface area contributed by atoms with Gasteiger partial charge in [-0.15, -0.1) is 0 Å². The van der Waals surface area contributed by atoms with E-state index in [9.17, 15) is 9.59 Å². The third-order valence-corrected chi connectivity index (χ3v) is 5.39. The Kier molecular flexibility index (Phi) is 6.37. The highest BCUT2D eigenvalue weighted by molar-refractivity contribution is 8.13. The van der Waals surface area contributed by atoms with Gasteiger partial charge in [-0.05, 0) is 25.5 Å². The van der Waals surface area contributed by atoms with Gasteiger partial charge in [0.05, 0.1) is 12.2 Å². The summed E-state index contributed by atoms with van der Waals surface area (Å²) in [4.78, 5) is 32.0. The van der Waals surface area contributed by atoms with E-state index in [1.165, 1.54) is 11.8 Å². The largest absolute Gasteiger partial charge is 0.372 e. The summed E-state index contributed by atoms with van der Waals surface area (Å²) in [7, 11) is 0. The molecule has 2 aliphatic heterocycles. The van der Waals surface area contributed by atoms with Crippen molar-refractivity contribution in [1.82, 2.24) is 15.2 Å². The van der Waals surface area contributed by atoms with Gasteiger partial charge < -0.3 is 19.9 Å². The Bertz CT molecular complexity index is 630. The Morgan fingerprint density at radius 2 is 2.12 bits per heavy atom. The second kappa shape index (κ2) is 8.73. The van der Waals surface area contributed by atoms with E-state index in [2.05, 4.69) is 29.0 Å². The summed E-state index contributed by atoms with van der Waals surface area (Å²) in [6.45, 7) is 7.48. The lowest BCUT2D eigenvalue weighted by Crippen LogP contribution is -2.45. The summed E-state index contributed by atoms with van der Waals surface area (Å²) in [6, 6.07) is 3.99. The maximum atomic E-state index is 12.0. The number of hydrogen-bond donors (Lipinski definition) is 1. The SMILES string of the molecule is C[C@@H]1CN(c2ccc(CNC(=O)CCN3CCSC3=O)cn2)C[C@@H](C)O1. The van der Waals surface area contributed by atoms with E-state index < -0.39 is 0 Å². The summed E-state index contributed by atoms with van der Waals surface area (Å²) < 4.78 is 5.75. The normalized spacial score (nSPS) is 23.4. The topological polar surface area (TPSA) is 74.8 Å². The molecule has 0 spiro atoms. The lowest BCUT2D eigenvalue weighted by molar-refractivity contribution is -0.121. The van der Waals surface area contributed by atoms with Gasteiger partial charge in [-0.3, -0.25) is 9.59 Å². The van der Waals surface area contributed by atoms with Crippen molar-refractivity contribution >= 4 is 28.7 Å². The molecule has 0 saturated carbocycles.